The second kappa shape index (κ2) is 5.90. The van der Waals surface area contributed by atoms with Crippen molar-refractivity contribution in [2.75, 3.05) is 38.1 Å². The van der Waals surface area contributed by atoms with Gasteiger partial charge in [-0.1, -0.05) is 11.6 Å². The molecule has 0 spiro atoms. The zero-order valence-electron chi connectivity index (χ0n) is 11.1. The first-order valence-corrected chi connectivity index (χ1v) is 6.60. The van der Waals surface area contributed by atoms with Crippen LogP contribution in [0.5, 0.6) is 0 Å². The van der Waals surface area contributed by atoms with Gasteiger partial charge in [-0.2, -0.15) is 0 Å². The highest BCUT2D eigenvalue weighted by Gasteiger charge is 2.30. The topological polar surface area (TPSA) is 75.6 Å². The van der Waals surface area contributed by atoms with E-state index in [1.54, 1.807) is 4.90 Å². The van der Waals surface area contributed by atoms with E-state index in [2.05, 4.69) is 4.90 Å². The van der Waals surface area contributed by atoms with E-state index in [4.69, 9.17) is 17.3 Å². The highest BCUT2D eigenvalue weighted by molar-refractivity contribution is 6.31. The van der Waals surface area contributed by atoms with Crippen LogP contribution in [0.25, 0.3) is 0 Å². The Morgan fingerprint density at radius 1 is 1.55 bits per heavy atom. The van der Waals surface area contributed by atoms with Gasteiger partial charge in [-0.15, -0.1) is 0 Å². The molecule has 110 valence electrons. The summed E-state index contributed by atoms with van der Waals surface area (Å²) in [6.07, 6.45) is 0. The predicted octanol–water partition coefficient (Wildman–Crippen LogP) is 1.47. The molecule has 1 unspecified atom stereocenters. The zero-order chi connectivity index (χ0) is 14.9. The molecule has 1 aromatic carbocycles. The van der Waals surface area contributed by atoms with Crippen molar-refractivity contribution in [3.8, 4) is 0 Å². The fourth-order valence-corrected chi connectivity index (χ4v) is 2.59. The molecule has 6 nitrogen and oxygen atoms in total. The van der Waals surface area contributed by atoms with Crippen LogP contribution in [0.3, 0.4) is 0 Å². The van der Waals surface area contributed by atoms with Gasteiger partial charge in [0.15, 0.2) is 0 Å². The van der Waals surface area contributed by atoms with Crippen LogP contribution in [0.15, 0.2) is 12.1 Å². The molecule has 1 atom stereocenters. The van der Waals surface area contributed by atoms with Crippen LogP contribution < -0.4 is 10.6 Å². The summed E-state index contributed by atoms with van der Waals surface area (Å²) in [5.74, 6) is -0.665. The number of piperazine rings is 1. The maximum absolute atomic E-state index is 13.7. The van der Waals surface area contributed by atoms with Crippen molar-refractivity contribution in [3.05, 3.63) is 33.1 Å². The molecule has 1 aliphatic heterocycles. The summed E-state index contributed by atoms with van der Waals surface area (Å²) in [6.45, 7) is 2.31. The van der Waals surface area contributed by atoms with E-state index in [1.807, 2.05) is 7.05 Å². The molecule has 0 bridgehead atoms. The number of nitro groups is 1. The first-order valence-electron chi connectivity index (χ1n) is 6.22. The largest absolute Gasteiger partial charge is 0.359 e. The molecule has 8 heteroatoms. The lowest BCUT2D eigenvalue weighted by Crippen LogP contribution is -2.55. The van der Waals surface area contributed by atoms with Gasteiger partial charge in [-0.3, -0.25) is 10.1 Å². The monoisotopic (exact) mass is 302 g/mol. The van der Waals surface area contributed by atoms with Crippen LogP contribution >= 0.6 is 11.6 Å². The lowest BCUT2D eigenvalue weighted by atomic mass is 10.1. The molecule has 1 saturated heterocycles. The van der Waals surface area contributed by atoms with Crippen LogP contribution in [0.4, 0.5) is 15.8 Å². The first kappa shape index (κ1) is 15.0. The average molecular weight is 303 g/mol. The molecule has 1 fully saturated rings. The summed E-state index contributed by atoms with van der Waals surface area (Å²) < 4.78 is 13.7. The van der Waals surface area contributed by atoms with Gasteiger partial charge in [0.2, 0.25) is 0 Å². The molecule has 0 aliphatic carbocycles. The van der Waals surface area contributed by atoms with Crippen LogP contribution in [0, 0.1) is 15.9 Å². The highest BCUT2D eigenvalue weighted by Crippen LogP contribution is 2.34. The molecule has 2 rings (SSSR count). The second-order valence-corrected chi connectivity index (χ2v) is 5.26. The van der Waals surface area contributed by atoms with E-state index in [-0.39, 0.29) is 22.4 Å². The minimum absolute atomic E-state index is 0.0898. The van der Waals surface area contributed by atoms with Crippen molar-refractivity contribution >= 4 is 23.0 Å². The van der Waals surface area contributed by atoms with Gasteiger partial charge in [0.05, 0.1) is 16.0 Å². The summed E-state index contributed by atoms with van der Waals surface area (Å²) in [5, 5.41) is 10.9. The van der Waals surface area contributed by atoms with Gasteiger partial charge in [-0.25, -0.2) is 4.39 Å². The smallest absolute Gasteiger partial charge is 0.294 e. The Bertz CT molecular complexity index is 528. The van der Waals surface area contributed by atoms with Crippen LogP contribution in [0.1, 0.15) is 0 Å². The molecule has 1 aromatic rings. The number of halogens is 2. The normalized spacial score (nSPS) is 20.2. The Morgan fingerprint density at radius 3 is 2.85 bits per heavy atom. The van der Waals surface area contributed by atoms with Gasteiger partial charge in [0.25, 0.3) is 5.69 Å². The fourth-order valence-electron chi connectivity index (χ4n) is 2.43. The van der Waals surface area contributed by atoms with E-state index in [1.165, 1.54) is 0 Å². The predicted molar refractivity (Wildman–Crippen MR) is 75.7 cm³/mol. The summed E-state index contributed by atoms with van der Waals surface area (Å²) >= 11 is 5.63. The standard InChI is InChI=1S/C12H16ClFN4O2/c1-16-2-3-17(8(6-15)7-16)11-5-10(14)9(13)4-12(11)18(19)20/h4-5,8H,2-3,6-7,15H2,1H3. The number of nitro benzene ring substituents is 1. The number of anilines is 1. The van der Waals surface area contributed by atoms with E-state index >= 15 is 0 Å². The molecule has 0 amide bonds. The summed E-state index contributed by atoms with van der Waals surface area (Å²) in [4.78, 5) is 14.5. The number of rotatable bonds is 3. The number of hydrogen-bond acceptors (Lipinski definition) is 5. The molecule has 0 aromatic heterocycles. The van der Waals surface area contributed by atoms with Crippen molar-refractivity contribution < 1.29 is 9.31 Å². The van der Waals surface area contributed by atoms with E-state index in [0.717, 1.165) is 18.7 Å². The van der Waals surface area contributed by atoms with Gasteiger partial charge in [-0.05, 0) is 7.05 Å². The van der Waals surface area contributed by atoms with Gasteiger partial charge < -0.3 is 15.5 Å². The number of benzene rings is 1. The molecule has 0 saturated carbocycles. The van der Waals surface area contributed by atoms with Gasteiger partial charge in [0, 0.05) is 38.3 Å². The highest BCUT2D eigenvalue weighted by atomic mass is 35.5. The van der Waals surface area contributed by atoms with E-state index in [9.17, 15) is 14.5 Å². The lowest BCUT2D eigenvalue weighted by Gasteiger charge is -2.40. The average Bonchev–Trinajstić information content (AvgIpc) is 2.41. The summed E-state index contributed by atoms with van der Waals surface area (Å²) in [6, 6.07) is 2.08. The van der Waals surface area contributed by atoms with Crippen molar-refractivity contribution in [2.24, 2.45) is 5.73 Å². The third kappa shape index (κ3) is 2.84. The molecular formula is C12H16ClFN4O2. The third-order valence-corrected chi connectivity index (χ3v) is 3.77. The molecule has 2 N–H and O–H groups in total. The Hall–Kier alpha value is -1.44. The molecule has 0 radical (unpaired) electrons. The van der Waals surface area contributed by atoms with Crippen LogP contribution in [0.2, 0.25) is 5.02 Å². The van der Waals surface area contributed by atoms with Crippen molar-refractivity contribution in [3.63, 3.8) is 0 Å². The van der Waals surface area contributed by atoms with E-state index in [0.29, 0.717) is 19.6 Å². The van der Waals surface area contributed by atoms with Crippen LogP contribution in [-0.4, -0.2) is 49.1 Å². The minimum Gasteiger partial charge on any atom is -0.359 e. The number of hydrogen-bond donors (Lipinski definition) is 1. The Balaban J connectivity index is 2.45. The first-order chi connectivity index (χ1) is 9.43. The van der Waals surface area contributed by atoms with Crippen molar-refractivity contribution in [1.29, 1.82) is 0 Å². The maximum atomic E-state index is 13.7. The minimum atomic E-state index is -0.665. The number of nitrogens with two attached hydrogens (primary N) is 1. The molecular weight excluding hydrogens is 287 g/mol. The maximum Gasteiger partial charge on any atom is 0.294 e. The zero-order valence-corrected chi connectivity index (χ0v) is 11.8. The molecule has 20 heavy (non-hydrogen) atoms. The Labute approximate surface area is 121 Å². The van der Waals surface area contributed by atoms with E-state index < -0.39 is 10.7 Å². The second-order valence-electron chi connectivity index (χ2n) is 4.86. The van der Waals surface area contributed by atoms with Crippen molar-refractivity contribution in [1.82, 2.24) is 4.90 Å². The SMILES string of the molecule is CN1CCN(c2cc(F)c(Cl)cc2[N+](=O)[O-])C(CN)C1. The molecule has 1 heterocycles. The quantitative estimate of drug-likeness (QED) is 0.676. The fraction of sp³-hybridized carbons (Fsp3) is 0.500. The molecule has 1 aliphatic rings. The Kier molecular flexibility index (Phi) is 4.42. The van der Waals surface area contributed by atoms with Gasteiger partial charge in [0.1, 0.15) is 11.5 Å². The third-order valence-electron chi connectivity index (χ3n) is 3.48. The van der Waals surface area contributed by atoms with Crippen molar-refractivity contribution in [2.45, 2.75) is 6.04 Å². The number of likely N-dealkylation sites (N-methyl/N-ethyl adjacent to an activating group) is 1. The summed E-state index contributed by atoms with van der Waals surface area (Å²) in [7, 11) is 1.96. The number of nitrogens with zero attached hydrogens (tertiary/aromatic N) is 3. The summed E-state index contributed by atoms with van der Waals surface area (Å²) in [5.41, 5.74) is 5.77. The van der Waals surface area contributed by atoms with Gasteiger partial charge >= 0.3 is 0 Å². The van der Waals surface area contributed by atoms with Crippen LogP contribution in [-0.2, 0) is 0 Å². The Morgan fingerprint density at radius 2 is 2.25 bits per heavy atom. The lowest BCUT2D eigenvalue weighted by molar-refractivity contribution is -0.384.